The molecule has 0 saturated carbocycles. The number of carbonyl (C=O) groups is 1. The third-order valence-electron chi connectivity index (χ3n) is 4.08. The smallest absolute Gasteiger partial charge is 0.191 e. The van der Waals surface area contributed by atoms with Crippen molar-refractivity contribution in [2.45, 2.75) is 24.9 Å². The van der Waals surface area contributed by atoms with Gasteiger partial charge in [0.15, 0.2) is 16.8 Å². The fourth-order valence-corrected chi connectivity index (χ4v) is 3.46. The van der Waals surface area contributed by atoms with Crippen molar-refractivity contribution in [1.82, 2.24) is 14.8 Å². The maximum absolute atomic E-state index is 13.1. The molecule has 4 nitrogen and oxygen atoms in total. The lowest BCUT2D eigenvalue weighted by Gasteiger charge is -2.05. The molecule has 0 spiro atoms. The van der Waals surface area contributed by atoms with Gasteiger partial charge in [0.1, 0.15) is 5.82 Å². The zero-order chi connectivity index (χ0) is 18.5. The molecule has 0 unspecified atom stereocenters. The summed E-state index contributed by atoms with van der Waals surface area (Å²) in [4.78, 5) is 12.4. The third kappa shape index (κ3) is 4.19. The van der Waals surface area contributed by atoms with Crippen molar-refractivity contribution in [3.8, 4) is 11.4 Å². The van der Waals surface area contributed by atoms with Gasteiger partial charge in [0.2, 0.25) is 0 Å². The second-order valence-corrected chi connectivity index (χ2v) is 6.97. The van der Waals surface area contributed by atoms with Crippen molar-refractivity contribution in [2.75, 3.05) is 5.75 Å². The van der Waals surface area contributed by atoms with E-state index in [-0.39, 0.29) is 11.6 Å². The van der Waals surface area contributed by atoms with E-state index in [4.69, 9.17) is 0 Å². The number of aromatic nitrogens is 3. The molecular formula is C20H20FN3OS. The molecule has 0 amide bonds. The Labute approximate surface area is 156 Å². The van der Waals surface area contributed by atoms with Gasteiger partial charge in [-0.05, 0) is 36.2 Å². The fraction of sp³-hybridized carbons (Fsp3) is 0.250. The Morgan fingerprint density at radius 1 is 1.08 bits per heavy atom. The summed E-state index contributed by atoms with van der Waals surface area (Å²) >= 11 is 1.35. The predicted octanol–water partition coefficient (Wildman–Crippen LogP) is 4.55. The van der Waals surface area contributed by atoms with Gasteiger partial charge < -0.3 is 4.57 Å². The zero-order valence-electron chi connectivity index (χ0n) is 14.8. The van der Waals surface area contributed by atoms with E-state index in [0.717, 1.165) is 18.4 Å². The van der Waals surface area contributed by atoms with Gasteiger partial charge in [0, 0.05) is 18.2 Å². The quantitative estimate of drug-likeness (QED) is 0.453. The van der Waals surface area contributed by atoms with Crippen LogP contribution in [0.5, 0.6) is 0 Å². The molecule has 134 valence electrons. The molecule has 26 heavy (non-hydrogen) atoms. The van der Waals surface area contributed by atoms with Gasteiger partial charge in [-0.2, -0.15) is 0 Å². The lowest BCUT2D eigenvalue weighted by atomic mass is 10.1. The van der Waals surface area contributed by atoms with Gasteiger partial charge in [-0.3, -0.25) is 4.79 Å². The van der Waals surface area contributed by atoms with E-state index in [0.29, 0.717) is 22.3 Å². The maximum atomic E-state index is 13.1. The number of ketones is 1. The van der Waals surface area contributed by atoms with Crippen LogP contribution in [-0.4, -0.2) is 26.3 Å². The number of rotatable bonds is 7. The minimum Gasteiger partial charge on any atom is -0.305 e. The van der Waals surface area contributed by atoms with Gasteiger partial charge >= 0.3 is 0 Å². The lowest BCUT2D eigenvalue weighted by molar-refractivity contribution is 0.102. The largest absolute Gasteiger partial charge is 0.305 e. The Kier molecular flexibility index (Phi) is 5.83. The number of carbonyl (C=O) groups excluding carboxylic acids is 1. The number of halogens is 1. The third-order valence-corrected chi connectivity index (χ3v) is 5.10. The minimum atomic E-state index is -0.291. The van der Waals surface area contributed by atoms with E-state index in [1.165, 1.54) is 29.5 Å². The van der Waals surface area contributed by atoms with Crippen molar-refractivity contribution >= 4 is 17.5 Å². The Hall–Kier alpha value is -2.47. The molecule has 0 aliphatic heterocycles. The van der Waals surface area contributed by atoms with Crippen molar-refractivity contribution in [1.29, 1.82) is 0 Å². The van der Waals surface area contributed by atoms with E-state index < -0.39 is 0 Å². The minimum absolute atomic E-state index is 0.0596. The molecule has 0 aliphatic carbocycles. The molecule has 3 aromatic rings. The number of aryl methyl sites for hydroxylation is 1. The molecule has 0 bridgehead atoms. The molecule has 1 heterocycles. The van der Waals surface area contributed by atoms with Crippen LogP contribution in [0.15, 0.2) is 53.7 Å². The first-order chi connectivity index (χ1) is 12.6. The Balaban J connectivity index is 1.66. The van der Waals surface area contributed by atoms with Crippen LogP contribution in [0.2, 0.25) is 0 Å². The summed E-state index contributed by atoms with van der Waals surface area (Å²) in [7, 11) is 1.84. The maximum Gasteiger partial charge on any atom is 0.191 e. The van der Waals surface area contributed by atoms with E-state index in [1.807, 2.05) is 35.9 Å². The van der Waals surface area contributed by atoms with Crippen LogP contribution in [0.3, 0.4) is 0 Å². The molecule has 1 aromatic heterocycles. The Morgan fingerprint density at radius 3 is 2.42 bits per heavy atom. The number of thioether (sulfide) groups is 1. The van der Waals surface area contributed by atoms with E-state index in [1.54, 1.807) is 12.1 Å². The van der Waals surface area contributed by atoms with Crippen LogP contribution >= 0.6 is 11.8 Å². The Bertz CT molecular complexity index is 888. The topological polar surface area (TPSA) is 47.8 Å². The summed E-state index contributed by atoms with van der Waals surface area (Å²) < 4.78 is 14.9. The molecule has 0 aliphatic rings. The molecule has 0 saturated heterocycles. The van der Waals surface area contributed by atoms with Gasteiger partial charge in [-0.1, -0.05) is 49.4 Å². The van der Waals surface area contributed by atoms with Gasteiger partial charge in [-0.15, -0.1) is 10.2 Å². The van der Waals surface area contributed by atoms with Crippen molar-refractivity contribution < 1.29 is 9.18 Å². The first-order valence-corrected chi connectivity index (χ1v) is 9.47. The van der Waals surface area contributed by atoms with Crippen LogP contribution in [-0.2, 0) is 13.5 Å². The predicted molar refractivity (Wildman–Crippen MR) is 102 cm³/mol. The van der Waals surface area contributed by atoms with Gasteiger partial charge in [0.25, 0.3) is 0 Å². The highest BCUT2D eigenvalue weighted by molar-refractivity contribution is 7.99. The first kappa shape index (κ1) is 18.3. The normalized spacial score (nSPS) is 10.9. The summed E-state index contributed by atoms with van der Waals surface area (Å²) in [6.45, 7) is 2.14. The summed E-state index contributed by atoms with van der Waals surface area (Å²) in [6, 6.07) is 13.9. The average molecular weight is 369 g/mol. The highest BCUT2D eigenvalue weighted by Gasteiger charge is 2.14. The molecule has 0 radical (unpaired) electrons. The molecular weight excluding hydrogens is 349 g/mol. The molecule has 0 fully saturated rings. The summed E-state index contributed by atoms with van der Waals surface area (Å²) in [5.74, 6) is 0.706. The van der Waals surface area contributed by atoms with Crippen molar-refractivity contribution in [3.63, 3.8) is 0 Å². The Morgan fingerprint density at radius 2 is 1.77 bits per heavy atom. The van der Waals surface area contributed by atoms with Crippen LogP contribution in [0.1, 0.15) is 29.3 Å². The highest BCUT2D eigenvalue weighted by Crippen LogP contribution is 2.23. The molecule has 3 rings (SSSR count). The SMILES string of the molecule is CCCc1ccc(C(=O)CSc2nnc(-c3ccc(F)cc3)n2C)cc1. The number of hydrogen-bond donors (Lipinski definition) is 0. The summed E-state index contributed by atoms with van der Waals surface area (Å²) in [6.07, 6.45) is 2.11. The van der Waals surface area contributed by atoms with E-state index in [2.05, 4.69) is 17.1 Å². The standard InChI is InChI=1S/C20H20FN3OS/c1-3-4-14-5-7-15(8-6-14)18(25)13-26-20-23-22-19(24(20)2)16-9-11-17(21)12-10-16/h5-12H,3-4,13H2,1-2H3. The van der Waals surface area contributed by atoms with Gasteiger partial charge in [-0.25, -0.2) is 4.39 Å². The van der Waals surface area contributed by atoms with Crippen LogP contribution in [0.25, 0.3) is 11.4 Å². The second-order valence-electron chi connectivity index (χ2n) is 6.03. The lowest BCUT2D eigenvalue weighted by Crippen LogP contribution is -2.04. The highest BCUT2D eigenvalue weighted by atomic mass is 32.2. The molecule has 6 heteroatoms. The first-order valence-electron chi connectivity index (χ1n) is 8.48. The number of nitrogens with zero attached hydrogens (tertiary/aromatic N) is 3. The number of benzene rings is 2. The second kappa shape index (κ2) is 8.27. The number of Topliss-reactive ketones (excluding diaryl/α,β-unsaturated/α-hetero) is 1. The van der Waals surface area contributed by atoms with Gasteiger partial charge in [0.05, 0.1) is 5.75 Å². The van der Waals surface area contributed by atoms with Crippen molar-refractivity contribution in [3.05, 3.63) is 65.5 Å². The molecule has 0 atom stereocenters. The monoisotopic (exact) mass is 369 g/mol. The molecule has 0 N–H and O–H groups in total. The number of hydrogen-bond acceptors (Lipinski definition) is 4. The zero-order valence-corrected chi connectivity index (χ0v) is 15.6. The summed E-state index contributed by atoms with van der Waals surface area (Å²) in [5.41, 5.74) is 2.73. The fourth-order valence-electron chi connectivity index (χ4n) is 2.65. The van der Waals surface area contributed by atoms with Crippen LogP contribution in [0, 0.1) is 5.82 Å². The van der Waals surface area contributed by atoms with Crippen LogP contribution in [0.4, 0.5) is 4.39 Å². The van der Waals surface area contributed by atoms with E-state index >= 15 is 0 Å². The van der Waals surface area contributed by atoms with E-state index in [9.17, 15) is 9.18 Å². The molecule has 2 aromatic carbocycles. The van der Waals surface area contributed by atoms with Crippen LogP contribution < -0.4 is 0 Å². The summed E-state index contributed by atoms with van der Waals surface area (Å²) in [5, 5.41) is 8.96. The van der Waals surface area contributed by atoms with Crippen molar-refractivity contribution in [2.24, 2.45) is 7.05 Å². The average Bonchev–Trinajstić information content (AvgIpc) is 3.02.